The summed E-state index contributed by atoms with van der Waals surface area (Å²) >= 11 is 3.39. The molecule has 68 valence electrons. The molecule has 2 radical (unpaired) electrons. The lowest BCUT2D eigenvalue weighted by molar-refractivity contribution is 0.317. The third-order valence-electron chi connectivity index (χ3n) is 1.69. The zero-order valence-corrected chi connectivity index (χ0v) is 9.09. The van der Waals surface area contributed by atoms with Crippen molar-refractivity contribution in [2.75, 3.05) is 6.61 Å². The fraction of sp³-hybridized carbons (Fsp3) is 0.400. The smallest absolute Gasteiger partial charge is 0.119 e. The van der Waals surface area contributed by atoms with Gasteiger partial charge in [-0.1, -0.05) is 34.4 Å². The third kappa shape index (κ3) is 3.86. The van der Waals surface area contributed by atoms with E-state index in [1.54, 1.807) is 0 Å². The summed E-state index contributed by atoms with van der Waals surface area (Å²) in [6.07, 6.45) is 1.58. The molecule has 0 spiro atoms. The molecule has 1 aromatic rings. The highest BCUT2D eigenvalue weighted by molar-refractivity contribution is 9.08. The largest absolute Gasteiger partial charge is 0.494 e. The zero-order valence-electron chi connectivity index (χ0n) is 7.50. The molecule has 0 aliphatic heterocycles. The Kier molecular flexibility index (Phi) is 4.98. The zero-order chi connectivity index (χ0) is 9.52. The summed E-state index contributed by atoms with van der Waals surface area (Å²) in [7, 11) is 5.35. The van der Waals surface area contributed by atoms with E-state index in [0.717, 1.165) is 17.5 Å². The summed E-state index contributed by atoms with van der Waals surface area (Å²) < 4.78 is 5.45. The summed E-state index contributed by atoms with van der Waals surface area (Å²) in [5.41, 5.74) is 1.26. The lowest BCUT2D eigenvalue weighted by atomic mass is 10.0. The average molecular weight is 239 g/mol. The highest BCUT2D eigenvalue weighted by Crippen LogP contribution is 2.14. The second-order valence-electron chi connectivity index (χ2n) is 2.77. The minimum atomic E-state index is 0.680. The first-order valence-electron chi connectivity index (χ1n) is 4.34. The first kappa shape index (κ1) is 10.6. The monoisotopic (exact) mass is 238 g/mol. The maximum absolute atomic E-state index is 5.45. The van der Waals surface area contributed by atoms with Gasteiger partial charge < -0.3 is 4.74 Å². The van der Waals surface area contributed by atoms with Gasteiger partial charge in [0, 0.05) is 5.33 Å². The Morgan fingerprint density at radius 2 is 1.92 bits per heavy atom. The van der Waals surface area contributed by atoms with Crippen molar-refractivity contribution in [1.82, 2.24) is 0 Å². The average Bonchev–Trinajstić information content (AvgIpc) is 2.19. The van der Waals surface area contributed by atoms with Gasteiger partial charge in [0.25, 0.3) is 0 Å². The predicted octanol–water partition coefficient (Wildman–Crippen LogP) is 2.94. The van der Waals surface area contributed by atoms with Crippen LogP contribution in [0.3, 0.4) is 0 Å². The number of benzene rings is 1. The van der Waals surface area contributed by atoms with Crippen LogP contribution in [0.25, 0.3) is 0 Å². The molecule has 0 saturated heterocycles. The van der Waals surface area contributed by atoms with Gasteiger partial charge in [-0.3, -0.25) is 0 Å². The van der Waals surface area contributed by atoms with Gasteiger partial charge >= 0.3 is 0 Å². The van der Waals surface area contributed by atoms with Gasteiger partial charge in [0.1, 0.15) is 5.75 Å². The van der Waals surface area contributed by atoms with Gasteiger partial charge in [0.2, 0.25) is 0 Å². The summed E-state index contributed by atoms with van der Waals surface area (Å²) in [5, 5.41) is 0.885. The van der Waals surface area contributed by atoms with E-state index in [1.165, 1.54) is 5.56 Å². The van der Waals surface area contributed by atoms with Crippen LogP contribution in [0.4, 0.5) is 0 Å². The molecule has 0 aliphatic carbocycles. The van der Waals surface area contributed by atoms with Crippen LogP contribution >= 0.6 is 15.9 Å². The van der Waals surface area contributed by atoms with E-state index in [9.17, 15) is 0 Å². The van der Waals surface area contributed by atoms with E-state index >= 15 is 0 Å². The number of alkyl halides is 1. The lowest BCUT2D eigenvalue weighted by Gasteiger charge is -2.05. The first-order chi connectivity index (χ1) is 6.36. The van der Waals surface area contributed by atoms with Crippen molar-refractivity contribution < 1.29 is 4.74 Å². The van der Waals surface area contributed by atoms with Crippen LogP contribution in [0.15, 0.2) is 24.3 Å². The molecule has 1 nitrogen and oxygen atoms in total. The molecule has 0 bridgehead atoms. The fourth-order valence-electron chi connectivity index (χ4n) is 0.948. The Morgan fingerprint density at radius 1 is 1.23 bits per heavy atom. The standard InChI is InChI=1S/C10H12BBrO/c11-6-1-7-13-10-4-2-9(8-12)3-5-10/h2-5H,1,6-8H2. The van der Waals surface area contributed by atoms with Crippen molar-refractivity contribution in [3.05, 3.63) is 29.8 Å². The van der Waals surface area contributed by atoms with E-state index in [2.05, 4.69) is 15.9 Å². The van der Waals surface area contributed by atoms with Crippen LogP contribution in [0.2, 0.25) is 6.32 Å². The molecular formula is C10H12BBrO. The molecule has 0 saturated carbocycles. The highest BCUT2D eigenvalue weighted by atomic mass is 79.9. The number of hydrogen-bond acceptors (Lipinski definition) is 1. The molecule has 0 unspecified atom stereocenters. The van der Waals surface area contributed by atoms with Gasteiger partial charge in [0.15, 0.2) is 0 Å². The quantitative estimate of drug-likeness (QED) is 0.436. The molecule has 1 rings (SSSR count). The summed E-state index contributed by atoms with van der Waals surface area (Å²) in [5.74, 6) is 0.915. The van der Waals surface area contributed by atoms with Crippen molar-refractivity contribution in [2.24, 2.45) is 0 Å². The Bertz CT molecular complexity index is 235. The van der Waals surface area contributed by atoms with E-state index < -0.39 is 0 Å². The normalized spacial score (nSPS) is 9.92. The maximum atomic E-state index is 5.45. The van der Waals surface area contributed by atoms with Gasteiger partial charge in [-0.2, -0.15) is 0 Å². The summed E-state index contributed by atoms with van der Waals surface area (Å²) in [4.78, 5) is 0. The number of hydrogen-bond donors (Lipinski definition) is 0. The van der Waals surface area contributed by atoms with Gasteiger partial charge in [0.05, 0.1) is 14.5 Å². The van der Waals surface area contributed by atoms with E-state index in [0.29, 0.717) is 12.9 Å². The van der Waals surface area contributed by atoms with Crippen LogP contribution in [0.1, 0.15) is 12.0 Å². The van der Waals surface area contributed by atoms with Crippen molar-refractivity contribution in [2.45, 2.75) is 18.1 Å². The van der Waals surface area contributed by atoms with Gasteiger partial charge in [-0.15, -0.1) is 0 Å². The Balaban J connectivity index is 2.40. The van der Waals surface area contributed by atoms with E-state index in [1.807, 2.05) is 24.3 Å². The molecule has 0 amide bonds. The van der Waals surface area contributed by atoms with Crippen LogP contribution in [0.5, 0.6) is 5.75 Å². The van der Waals surface area contributed by atoms with Crippen molar-refractivity contribution in [1.29, 1.82) is 0 Å². The highest BCUT2D eigenvalue weighted by Gasteiger charge is 1.93. The minimum absolute atomic E-state index is 0.680. The van der Waals surface area contributed by atoms with Crippen LogP contribution < -0.4 is 4.74 Å². The summed E-state index contributed by atoms with van der Waals surface area (Å²) in [6.45, 7) is 0.699. The molecule has 0 fully saturated rings. The second-order valence-corrected chi connectivity index (χ2v) is 3.33. The van der Waals surface area contributed by atoms with Gasteiger partial charge in [-0.05, 0) is 24.1 Å². The van der Waals surface area contributed by atoms with E-state index in [4.69, 9.17) is 12.6 Å². The predicted molar refractivity (Wildman–Crippen MR) is 59.7 cm³/mol. The Hall–Kier alpha value is -0.435. The summed E-state index contributed by atoms with van der Waals surface area (Å²) in [6, 6.07) is 8.05. The Morgan fingerprint density at radius 3 is 2.46 bits per heavy atom. The second kappa shape index (κ2) is 6.08. The topological polar surface area (TPSA) is 9.23 Å². The van der Waals surface area contributed by atoms with Crippen LogP contribution in [0, 0.1) is 0 Å². The first-order valence-corrected chi connectivity index (χ1v) is 5.46. The molecule has 0 heterocycles. The molecule has 0 atom stereocenters. The molecule has 1 aromatic carbocycles. The fourth-order valence-corrected chi connectivity index (χ4v) is 1.32. The number of halogens is 1. The molecule has 0 N–H and O–H groups in total. The molecule has 3 heteroatoms. The molecule has 0 aromatic heterocycles. The van der Waals surface area contributed by atoms with E-state index in [-0.39, 0.29) is 0 Å². The SMILES string of the molecule is [B]CCCOc1ccc(CBr)cc1. The minimum Gasteiger partial charge on any atom is -0.494 e. The van der Waals surface area contributed by atoms with Crippen molar-refractivity contribution >= 4 is 23.8 Å². The number of rotatable bonds is 5. The third-order valence-corrected chi connectivity index (χ3v) is 2.34. The molecule has 13 heavy (non-hydrogen) atoms. The molecular weight excluding hydrogens is 227 g/mol. The Labute approximate surface area is 89.0 Å². The lowest BCUT2D eigenvalue weighted by Crippen LogP contribution is -1.96. The van der Waals surface area contributed by atoms with Gasteiger partial charge in [-0.25, -0.2) is 0 Å². The number of ether oxygens (including phenoxy) is 1. The van der Waals surface area contributed by atoms with Crippen LogP contribution in [-0.4, -0.2) is 14.5 Å². The van der Waals surface area contributed by atoms with Crippen LogP contribution in [-0.2, 0) is 5.33 Å². The van der Waals surface area contributed by atoms with Crippen molar-refractivity contribution in [3.8, 4) is 5.75 Å². The maximum Gasteiger partial charge on any atom is 0.119 e. The molecule has 0 aliphatic rings. The van der Waals surface area contributed by atoms with Crippen molar-refractivity contribution in [3.63, 3.8) is 0 Å².